The first-order chi connectivity index (χ1) is 10.8. The van der Waals surface area contributed by atoms with Crippen LogP contribution in [-0.2, 0) is 14.8 Å². The zero-order valence-corrected chi connectivity index (χ0v) is 14.3. The van der Waals surface area contributed by atoms with Crippen LogP contribution >= 0.6 is 0 Å². The SMILES string of the molecule is CC(=O)NCCNS(=O)(=O)c1cccc2c(N(C)C)cccc12. The molecule has 0 atom stereocenters. The molecule has 1 amide bonds. The van der Waals surface area contributed by atoms with E-state index in [2.05, 4.69) is 10.0 Å². The van der Waals surface area contributed by atoms with Gasteiger partial charge in [-0.2, -0.15) is 0 Å². The number of nitrogens with one attached hydrogen (secondary N) is 2. The lowest BCUT2D eigenvalue weighted by Gasteiger charge is -2.17. The van der Waals surface area contributed by atoms with E-state index in [-0.39, 0.29) is 23.9 Å². The highest BCUT2D eigenvalue weighted by Crippen LogP contribution is 2.29. The summed E-state index contributed by atoms with van der Waals surface area (Å²) in [7, 11) is 0.189. The first kappa shape index (κ1) is 17.2. The van der Waals surface area contributed by atoms with Crippen molar-refractivity contribution in [2.75, 3.05) is 32.1 Å². The molecule has 0 radical (unpaired) electrons. The standard InChI is InChI=1S/C16H21N3O3S/c1-12(20)17-10-11-18-23(21,22)16-9-5-6-13-14(16)7-4-8-15(13)19(2)3/h4-9,18H,10-11H2,1-3H3,(H,17,20). The van der Waals surface area contributed by atoms with Gasteiger partial charge in [-0.1, -0.05) is 24.3 Å². The Bertz CT molecular complexity index is 816. The number of benzene rings is 2. The van der Waals surface area contributed by atoms with Crippen molar-refractivity contribution in [2.24, 2.45) is 0 Å². The van der Waals surface area contributed by atoms with E-state index < -0.39 is 10.0 Å². The molecule has 6 nitrogen and oxygen atoms in total. The van der Waals surface area contributed by atoms with Crippen LogP contribution in [-0.4, -0.2) is 41.5 Å². The number of sulfonamides is 1. The van der Waals surface area contributed by atoms with E-state index in [9.17, 15) is 13.2 Å². The van der Waals surface area contributed by atoms with Gasteiger partial charge >= 0.3 is 0 Å². The molecule has 2 N–H and O–H groups in total. The minimum Gasteiger partial charge on any atom is -0.377 e. The van der Waals surface area contributed by atoms with E-state index in [1.54, 1.807) is 18.2 Å². The Kier molecular flexibility index (Phi) is 5.23. The van der Waals surface area contributed by atoms with Crippen molar-refractivity contribution in [1.82, 2.24) is 10.0 Å². The molecule has 0 saturated heterocycles. The Labute approximate surface area is 136 Å². The second-order valence-corrected chi connectivity index (χ2v) is 7.14. The third-order valence-corrected chi connectivity index (χ3v) is 4.94. The van der Waals surface area contributed by atoms with Crippen molar-refractivity contribution in [3.05, 3.63) is 36.4 Å². The van der Waals surface area contributed by atoms with Crippen molar-refractivity contribution in [2.45, 2.75) is 11.8 Å². The van der Waals surface area contributed by atoms with Gasteiger partial charge in [0.1, 0.15) is 0 Å². The van der Waals surface area contributed by atoms with E-state index in [4.69, 9.17) is 0 Å². The van der Waals surface area contributed by atoms with Crippen LogP contribution < -0.4 is 14.9 Å². The smallest absolute Gasteiger partial charge is 0.241 e. The van der Waals surface area contributed by atoms with E-state index in [1.165, 1.54) is 6.92 Å². The highest BCUT2D eigenvalue weighted by atomic mass is 32.2. The maximum Gasteiger partial charge on any atom is 0.241 e. The van der Waals surface area contributed by atoms with Crippen LogP contribution in [0.15, 0.2) is 41.3 Å². The number of amides is 1. The van der Waals surface area contributed by atoms with E-state index in [1.807, 2.05) is 37.2 Å². The lowest BCUT2D eigenvalue weighted by molar-refractivity contribution is -0.118. The van der Waals surface area contributed by atoms with Gasteiger partial charge in [-0.15, -0.1) is 0 Å². The fraction of sp³-hybridized carbons (Fsp3) is 0.312. The lowest BCUT2D eigenvalue weighted by atomic mass is 10.1. The average Bonchev–Trinajstić information content (AvgIpc) is 2.50. The predicted octanol–water partition coefficient (Wildman–Crippen LogP) is 1.32. The molecule has 2 aromatic rings. The van der Waals surface area contributed by atoms with E-state index >= 15 is 0 Å². The Morgan fingerprint density at radius 2 is 1.70 bits per heavy atom. The molecular weight excluding hydrogens is 314 g/mol. The lowest BCUT2D eigenvalue weighted by Crippen LogP contribution is -2.33. The minimum absolute atomic E-state index is 0.145. The number of hydrogen-bond donors (Lipinski definition) is 2. The largest absolute Gasteiger partial charge is 0.377 e. The van der Waals surface area contributed by atoms with Crippen LogP contribution in [0.4, 0.5) is 5.69 Å². The van der Waals surface area contributed by atoms with Gasteiger partial charge in [0.15, 0.2) is 0 Å². The van der Waals surface area contributed by atoms with Crippen LogP contribution in [0.25, 0.3) is 10.8 Å². The number of carbonyl (C=O) groups is 1. The number of fused-ring (bicyclic) bond motifs is 1. The summed E-state index contributed by atoms with van der Waals surface area (Å²) in [5.41, 5.74) is 0.956. The molecule has 0 bridgehead atoms. The number of nitrogens with zero attached hydrogens (tertiary/aromatic N) is 1. The third kappa shape index (κ3) is 4.00. The summed E-state index contributed by atoms with van der Waals surface area (Å²) in [6, 6.07) is 10.8. The van der Waals surface area contributed by atoms with Gasteiger partial charge in [0, 0.05) is 50.6 Å². The predicted molar refractivity (Wildman–Crippen MR) is 92.1 cm³/mol. The molecule has 0 fully saturated rings. The summed E-state index contributed by atoms with van der Waals surface area (Å²) < 4.78 is 27.6. The molecule has 0 aliphatic heterocycles. The molecule has 23 heavy (non-hydrogen) atoms. The van der Waals surface area contributed by atoms with Gasteiger partial charge < -0.3 is 10.2 Å². The molecule has 0 heterocycles. The molecule has 2 rings (SSSR count). The topological polar surface area (TPSA) is 78.5 Å². The van der Waals surface area contributed by atoms with Crippen molar-refractivity contribution < 1.29 is 13.2 Å². The molecule has 0 aliphatic rings. The molecule has 124 valence electrons. The minimum atomic E-state index is -3.65. The van der Waals surface area contributed by atoms with Crippen LogP contribution in [0.3, 0.4) is 0 Å². The third-order valence-electron chi connectivity index (χ3n) is 3.42. The van der Waals surface area contributed by atoms with Crippen LogP contribution in [0, 0.1) is 0 Å². The first-order valence-corrected chi connectivity index (χ1v) is 8.74. The summed E-state index contributed by atoms with van der Waals surface area (Å²) in [6.07, 6.45) is 0. The van der Waals surface area contributed by atoms with Gasteiger partial charge in [-0.25, -0.2) is 13.1 Å². The Morgan fingerprint density at radius 1 is 1.04 bits per heavy atom. The Morgan fingerprint density at radius 3 is 2.35 bits per heavy atom. The van der Waals surface area contributed by atoms with E-state index in [0.29, 0.717) is 5.39 Å². The molecular formula is C16H21N3O3S. The molecule has 2 aromatic carbocycles. The summed E-state index contributed by atoms with van der Waals surface area (Å²) in [6.45, 7) is 1.79. The van der Waals surface area contributed by atoms with Crippen molar-refractivity contribution in [1.29, 1.82) is 0 Å². The van der Waals surface area contributed by atoms with Crippen molar-refractivity contribution in [3.63, 3.8) is 0 Å². The second-order valence-electron chi connectivity index (χ2n) is 5.40. The molecule has 0 saturated carbocycles. The van der Waals surface area contributed by atoms with Crippen LogP contribution in [0.5, 0.6) is 0 Å². The highest BCUT2D eigenvalue weighted by molar-refractivity contribution is 7.89. The highest BCUT2D eigenvalue weighted by Gasteiger charge is 2.17. The molecule has 0 spiro atoms. The van der Waals surface area contributed by atoms with Gasteiger partial charge in [0.2, 0.25) is 15.9 Å². The monoisotopic (exact) mass is 335 g/mol. The Hall–Kier alpha value is -2.12. The van der Waals surface area contributed by atoms with E-state index in [0.717, 1.165) is 11.1 Å². The summed E-state index contributed by atoms with van der Waals surface area (Å²) in [5.74, 6) is -0.190. The summed E-state index contributed by atoms with van der Waals surface area (Å²) >= 11 is 0. The number of hydrogen-bond acceptors (Lipinski definition) is 4. The van der Waals surface area contributed by atoms with Gasteiger partial charge in [-0.05, 0) is 12.1 Å². The molecule has 0 aromatic heterocycles. The fourth-order valence-corrected chi connectivity index (χ4v) is 3.64. The molecule has 0 aliphatic carbocycles. The van der Waals surface area contributed by atoms with Crippen LogP contribution in [0.1, 0.15) is 6.92 Å². The Balaban J connectivity index is 2.35. The maximum atomic E-state index is 12.5. The summed E-state index contributed by atoms with van der Waals surface area (Å²) in [5, 5.41) is 4.11. The number of carbonyl (C=O) groups excluding carboxylic acids is 1. The number of anilines is 1. The van der Waals surface area contributed by atoms with Crippen molar-refractivity contribution >= 4 is 32.4 Å². The summed E-state index contributed by atoms with van der Waals surface area (Å²) in [4.78, 5) is 13.0. The van der Waals surface area contributed by atoms with Crippen LogP contribution in [0.2, 0.25) is 0 Å². The normalized spacial score (nSPS) is 11.4. The molecule has 7 heteroatoms. The van der Waals surface area contributed by atoms with Gasteiger partial charge in [0.25, 0.3) is 0 Å². The zero-order chi connectivity index (χ0) is 17.0. The quantitative estimate of drug-likeness (QED) is 0.781. The van der Waals surface area contributed by atoms with Gasteiger partial charge in [0.05, 0.1) is 4.90 Å². The molecule has 0 unspecified atom stereocenters. The zero-order valence-electron chi connectivity index (χ0n) is 13.5. The average molecular weight is 335 g/mol. The first-order valence-electron chi connectivity index (χ1n) is 7.26. The van der Waals surface area contributed by atoms with Crippen molar-refractivity contribution in [3.8, 4) is 0 Å². The second kappa shape index (κ2) is 6.97. The number of rotatable bonds is 6. The van der Waals surface area contributed by atoms with Gasteiger partial charge in [-0.3, -0.25) is 4.79 Å². The maximum absolute atomic E-state index is 12.5. The fourth-order valence-electron chi connectivity index (χ4n) is 2.39.